The number of anilines is 1. The smallest absolute Gasteiger partial charge is 0.317 e. The molecule has 6 aliphatic rings. The number of carbonyl (C=O) groups is 5. The number of carbonyl (C=O) groups excluding carboxylic acids is 5. The van der Waals surface area contributed by atoms with Gasteiger partial charge in [-0.1, -0.05) is 0 Å². The summed E-state index contributed by atoms with van der Waals surface area (Å²) in [6.07, 6.45) is 5.83. The number of ketones is 2. The van der Waals surface area contributed by atoms with Gasteiger partial charge in [-0.15, -0.1) is 0 Å². The van der Waals surface area contributed by atoms with Gasteiger partial charge in [0.1, 0.15) is 17.3 Å². The van der Waals surface area contributed by atoms with E-state index in [0.29, 0.717) is 48.0 Å². The van der Waals surface area contributed by atoms with Crippen LogP contribution in [0.25, 0.3) is 11.1 Å². The number of fused-ring (bicyclic) bond motifs is 3. The molecule has 16 nitrogen and oxygen atoms in total. The molecule has 65 heavy (non-hydrogen) atoms. The lowest BCUT2D eigenvalue weighted by atomic mass is 9.71. The number of rotatable bonds is 13. The molecule has 346 valence electrons. The summed E-state index contributed by atoms with van der Waals surface area (Å²) in [6.45, 7) is 9.01. The molecule has 16 heteroatoms. The van der Waals surface area contributed by atoms with Crippen LogP contribution in [0.3, 0.4) is 0 Å². The summed E-state index contributed by atoms with van der Waals surface area (Å²) in [4.78, 5) is 90.4. The van der Waals surface area contributed by atoms with E-state index < -0.39 is 17.9 Å². The van der Waals surface area contributed by atoms with Crippen molar-refractivity contribution in [2.24, 2.45) is 18.9 Å². The highest BCUT2D eigenvalue weighted by atomic mass is 16.5. The van der Waals surface area contributed by atoms with E-state index >= 15 is 0 Å². The first-order valence-electron chi connectivity index (χ1n) is 23.2. The molecule has 2 aromatic carbocycles. The average molecular weight is 891 g/mol. The molecule has 4 fully saturated rings. The fourth-order valence-electron chi connectivity index (χ4n) is 11.2. The van der Waals surface area contributed by atoms with E-state index in [0.717, 1.165) is 116 Å². The van der Waals surface area contributed by atoms with E-state index in [1.165, 1.54) is 0 Å². The number of methoxy groups -OCH3 is 2. The molecular weight excluding hydrogens is 829 g/mol. The van der Waals surface area contributed by atoms with Gasteiger partial charge in [0.25, 0.3) is 17.4 Å². The molecule has 3 aromatic rings. The predicted molar refractivity (Wildman–Crippen MR) is 245 cm³/mol. The van der Waals surface area contributed by atoms with Crippen molar-refractivity contribution in [1.29, 1.82) is 0 Å². The van der Waals surface area contributed by atoms with E-state index in [1.54, 1.807) is 42.9 Å². The van der Waals surface area contributed by atoms with Crippen molar-refractivity contribution >= 4 is 35.1 Å². The second-order valence-corrected chi connectivity index (χ2v) is 19.1. The Labute approximate surface area is 380 Å². The fourth-order valence-corrected chi connectivity index (χ4v) is 11.2. The Balaban J connectivity index is 0.721. The van der Waals surface area contributed by atoms with Crippen molar-refractivity contribution in [2.45, 2.75) is 70.1 Å². The summed E-state index contributed by atoms with van der Waals surface area (Å²) in [5.41, 5.74) is 5.91. The molecule has 1 aromatic heterocycles. The first-order chi connectivity index (χ1) is 31.3. The minimum Gasteiger partial charge on any atom is -0.496 e. The van der Waals surface area contributed by atoms with Crippen LogP contribution in [0, 0.1) is 11.8 Å². The van der Waals surface area contributed by atoms with Gasteiger partial charge in [0.15, 0.2) is 5.78 Å². The number of piperazine rings is 1. The number of aryl methyl sites for hydroxylation is 1. The average Bonchev–Trinajstić information content (AvgIpc) is 3.75. The number of benzene rings is 2. The number of hydrogen-bond donors (Lipinski definition) is 1. The van der Waals surface area contributed by atoms with Crippen molar-refractivity contribution < 1.29 is 33.4 Å². The van der Waals surface area contributed by atoms with E-state index in [4.69, 9.17) is 9.47 Å². The normalized spacial score (nSPS) is 23.4. The number of imide groups is 1. The maximum Gasteiger partial charge on any atom is 0.317 e. The maximum absolute atomic E-state index is 13.7. The third-order valence-electron chi connectivity index (χ3n) is 14.8. The van der Waals surface area contributed by atoms with Crippen LogP contribution < -0.4 is 25.2 Å². The number of likely N-dealkylation sites (tertiary alicyclic amines) is 1. The van der Waals surface area contributed by atoms with Crippen LogP contribution in [0.5, 0.6) is 11.5 Å². The van der Waals surface area contributed by atoms with Crippen molar-refractivity contribution in [3.05, 3.63) is 74.7 Å². The molecule has 0 bridgehead atoms. The number of aromatic nitrogens is 1. The van der Waals surface area contributed by atoms with Crippen LogP contribution >= 0.6 is 0 Å². The first kappa shape index (κ1) is 44.6. The lowest BCUT2D eigenvalue weighted by Crippen LogP contribution is -2.56. The molecule has 2 saturated heterocycles. The van der Waals surface area contributed by atoms with Crippen molar-refractivity contribution in [3.8, 4) is 22.6 Å². The van der Waals surface area contributed by atoms with Crippen LogP contribution in [0.2, 0.25) is 0 Å². The third kappa shape index (κ3) is 8.67. The summed E-state index contributed by atoms with van der Waals surface area (Å²) in [7, 11) is 9.09. The maximum atomic E-state index is 13.7. The highest BCUT2D eigenvalue weighted by molar-refractivity contribution is 6.24. The summed E-state index contributed by atoms with van der Waals surface area (Å²) < 4.78 is 13.2. The third-order valence-corrected chi connectivity index (χ3v) is 14.8. The molecule has 2 aliphatic carbocycles. The molecule has 2 saturated carbocycles. The van der Waals surface area contributed by atoms with Gasteiger partial charge < -0.3 is 39.0 Å². The Morgan fingerprint density at radius 3 is 2.22 bits per heavy atom. The highest BCUT2D eigenvalue weighted by Gasteiger charge is 2.48. The van der Waals surface area contributed by atoms with Gasteiger partial charge in [-0.25, -0.2) is 4.79 Å². The van der Waals surface area contributed by atoms with Crippen LogP contribution in [-0.2, 0) is 36.1 Å². The van der Waals surface area contributed by atoms with Crippen LogP contribution in [-0.4, -0.2) is 158 Å². The monoisotopic (exact) mass is 890 g/mol. The summed E-state index contributed by atoms with van der Waals surface area (Å²) in [5, 5.41) is 3.35. The number of urea groups is 1. The zero-order chi connectivity index (χ0) is 45.7. The van der Waals surface area contributed by atoms with Gasteiger partial charge in [0, 0.05) is 94.9 Å². The molecule has 5 heterocycles. The number of hydrogen-bond acceptors (Lipinski definition) is 12. The van der Waals surface area contributed by atoms with E-state index in [9.17, 15) is 28.8 Å². The van der Waals surface area contributed by atoms with Gasteiger partial charge >= 0.3 is 6.03 Å². The Morgan fingerprint density at radius 2 is 1.52 bits per heavy atom. The molecule has 2 unspecified atom stereocenters. The lowest BCUT2D eigenvalue weighted by molar-refractivity contribution is -0.132. The number of nitrogens with one attached hydrogen (secondary N) is 1. The van der Waals surface area contributed by atoms with E-state index in [2.05, 4.69) is 24.9 Å². The van der Waals surface area contributed by atoms with Gasteiger partial charge in [0.05, 0.1) is 49.9 Å². The molecule has 4 atom stereocenters. The number of ether oxygens (including phenoxy) is 2. The zero-order valence-electron chi connectivity index (χ0n) is 38.4. The molecule has 4 amide bonds. The Bertz CT molecular complexity index is 2430. The fraction of sp³-hybridized carbons (Fsp3) is 0.551. The largest absolute Gasteiger partial charge is 0.496 e. The minimum absolute atomic E-state index is 0.0837. The van der Waals surface area contributed by atoms with Crippen LogP contribution in [0.4, 0.5) is 10.5 Å². The Hall–Kier alpha value is -5.58. The van der Waals surface area contributed by atoms with Gasteiger partial charge in [0.2, 0.25) is 0 Å². The van der Waals surface area contributed by atoms with Crippen LogP contribution in [0.1, 0.15) is 75.9 Å². The van der Waals surface area contributed by atoms with E-state index in [1.807, 2.05) is 38.5 Å². The zero-order valence-corrected chi connectivity index (χ0v) is 38.4. The summed E-state index contributed by atoms with van der Waals surface area (Å²) >= 11 is 0. The molecule has 9 rings (SSSR count). The van der Waals surface area contributed by atoms with Crippen LogP contribution in [0.15, 0.2) is 41.3 Å². The lowest BCUT2D eigenvalue weighted by Gasteiger charge is -2.41. The Kier molecular flexibility index (Phi) is 12.6. The number of Topliss-reactive ketones (excluding diaryl/α,β-unsaturated/α-hetero) is 2. The summed E-state index contributed by atoms with van der Waals surface area (Å²) in [5.74, 6) is 1.10. The number of pyridine rings is 1. The molecule has 0 spiro atoms. The van der Waals surface area contributed by atoms with Gasteiger partial charge in [-0.05, 0) is 113 Å². The van der Waals surface area contributed by atoms with Gasteiger partial charge in [-0.3, -0.25) is 33.8 Å². The second-order valence-electron chi connectivity index (χ2n) is 19.1. The second kappa shape index (κ2) is 18.4. The SMILES string of the molecule is COc1cc(-c2cn(C)c(=O)c3c2CCN(C(=O)NC2C[C@@H]4CN(CCCCN5CCN(c6ccc7c(c6)C(=O)N(C6CCC(=O)CC6=O)C7=O)CC5)C[C@H]24)C3)cc(OC)c1CN(C)C. The van der Waals surface area contributed by atoms with Crippen molar-refractivity contribution in [3.63, 3.8) is 0 Å². The molecule has 4 aliphatic heterocycles. The van der Waals surface area contributed by atoms with Crippen molar-refractivity contribution in [1.82, 2.24) is 34.4 Å². The Morgan fingerprint density at radius 1 is 0.815 bits per heavy atom. The van der Waals surface area contributed by atoms with E-state index in [-0.39, 0.29) is 55.0 Å². The number of unbranched alkanes of at least 4 members (excludes halogenated alkanes) is 1. The first-order valence-corrected chi connectivity index (χ1v) is 23.2. The topological polar surface area (TPSA) is 157 Å². The van der Waals surface area contributed by atoms with Crippen molar-refractivity contribution in [2.75, 3.05) is 92.1 Å². The number of amides is 4. The molecule has 1 N–H and O–H groups in total. The van der Waals surface area contributed by atoms with Gasteiger partial charge in [-0.2, -0.15) is 0 Å². The summed E-state index contributed by atoms with van der Waals surface area (Å²) in [6, 6.07) is 8.59. The highest BCUT2D eigenvalue weighted by Crippen LogP contribution is 2.42. The minimum atomic E-state index is -0.863. The predicted octanol–water partition coefficient (Wildman–Crippen LogP) is 3.41. The standard InChI is InChI=1S/C49H62N8O8/c1-51(2)26-40-44(64-4)21-30(22-45(40)65-5)37-27-52(3)46(60)39-29-56(15-12-34(37)39)49(63)50-41-20-31-25-54(28-38(31)41)14-7-6-13-53-16-18-55(19-17-53)32-8-10-35-36(23-32)48(62)57(47(35)61)42-11-9-33(58)24-43(42)59/h8,10,21-23,27,31,38,41-42H,6-7,9,11-20,24-26,28-29H2,1-5H3,(H,50,63)/t31-,38+,41?,42?/m1/s1. The molecule has 0 radical (unpaired) electrons. The number of nitrogens with zero attached hydrogens (tertiary/aromatic N) is 7. The quantitative estimate of drug-likeness (QED) is 0.152. The molecular formula is C49H62N8O8.